The van der Waals surface area contributed by atoms with Gasteiger partial charge in [-0.25, -0.2) is 4.39 Å². The van der Waals surface area contributed by atoms with E-state index < -0.39 is 5.54 Å². The first-order chi connectivity index (χ1) is 9.05. The number of carbonyl (C=O) groups excluding carboxylic acids is 1. The SMILES string of the molecule is CCCN=C1NC(=O)C(C)(Cc2ccccc2F)N1. The Morgan fingerprint density at radius 2 is 2.11 bits per heavy atom. The maximum Gasteiger partial charge on any atom is 0.252 e. The number of nitrogens with one attached hydrogen (secondary N) is 2. The number of carbonyl (C=O) groups is 1. The van der Waals surface area contributed by atoms with Gasteiger partial charge in [0.25, 0.3) is 5.91 Å². The molecule has 5 heteroatoms. The highest BCUT2D eigenvalue weighted by atomic mass is 19.1. The van der Waals surface area contributed by atoms with Crippen LogP contribution in [0.3, 0.4) is 0 Å². The Bertz CT molecular complexity index is 515. The van der Waals surface area contributed by atoms with Crippen molar-refractivity contribution in [2.75, 3.05) is 6.54 Å². The van der Waals surface area contributed by atoms with Gasteiger partial charge in [-0.3, -0.25) is 15.1 Å². The Labute approximate surface area is 112 Å². The fourth-order valence-electron chi connectivity index (χ4n) is 2.04. The fraction of sp³-hybridized carbons (Fsp3) is 0.429. The Kier molecular flexibility index (Phi) is 3.83. The molecule has 102 valence electrons. The summed E-state index contributed by atoms with van der Waals surface area (Å²) in [5.74, 6) is 0.00793. The predicted octanol–water partition coefficient (Wildman–Crippen LogP) is 1.61. The lowest BCUT2D eigenvalue weighted by atomic mass is 9.93. The van der Waals surface area contributed by atoms with Crippen LogP contribution in [-0.4, -0.2) is 24.0 Å². The average molecular weight is 263 g/mol. The summed E-state index contributed by atoms with van der Waals surface area (Å²) in [6, 6.07) is 6.49. The summed E-state index contributed by atoms with van der Waals surface area (Å²) in [5.41, 5.74) is -0.334. The zero-order valence-corrected chi connectivity index (χ0v) is 11.2. The highest BCUT2D eigenvalue weighted by Crippen LogP contribution is 2.19. The molecule has 1 fully saturated rings. The fourth-order valence-corrected chi connectivity index (χ4v) is 2.04. The first kappa shape index (κ1) is 13.5. The molecule has 0 aromatic heterocycles. The highest BCUT2D eigenvalue weighted by molar-refractivity contribution is 6.08. The van der Waals surface area contributed by atoms with Crippen LogP contribution in [0.25, 0.3) is 0 Å². The Balaban J connectivity index is 2.15. The van der Waals surface area contributed by atoms with Crippen molar-refractivity contribution < 1.29 is 9.18 Å². The van der Waals surface area contributed by atoms with E-state index in [-0.39, 0.29) is 18.1 Å². The van der Waals surface area contributed by atoms with Crippen molar-refractivity contribution in [3.63, 3.8) is 0 Å². The molecular weight excluding hydrogens is 245 g/mol. The lowest BCUT2D eigenvalue weighted by Gasteiger charge is -2.21. The number of aliphatic imine (C=N–C) groups is 1. The number of rotatable bonds is 4. The summed E-state index contributed by atoms with van der Waals surface area (Å²) in [7, 11) is 0. The molecule has 1 aromatic carbocycles. The normalized spacial score (nSPS) is 24.4. The monoisotopic (exact) mass is 263 g/mol. The summed E-state index contributed by atoms with van der Waals surface area (Å²) in [4.78, 5) is 16.2. The molecule has 2 N–H and O–H groups in total. The van der Waals surface area contributed by atoms with Crippen LogP contribution in [0.2, 0.25) is 0 Å². The molecule has 0 bridgehead atoms. The molecule has 4 nitrogen and oxygen atoms in total. The van der Waals surface area contributed by atoms with Gasteiger partial charge in [0.2, 0.25) is 0 Å². The predicted molar refractivity (Wildman–Crippen MR) is 72.4 cm³/mol. The van der Waals surface area contributed by atoms with Crippen molar-refractivity contribution in [3.05, 3.63) is 35.6 Å². The number of amides is 1. The average Bonchev–Trinajstić information content (AvgIpc) is 2.65. The van der Waals surface area contributed by atoms with E-state index in [0.29, 0.717) is 18.1 Å². The largest absolute Gasteiger partial charge is 0.342 e. The summed E-state index contributed by atoms with van der Waals surface area (Å²) < 4.78 is 13.7. The molecule has 1 aliphatic heterocycles. The number of nitrogens with zero attached hydrogens (tertiary/aromatic N) is 1. The molecule has 2 rings (SSSR count). The molecule has 0 spiro atoms. The molecule has 1 aromatic rings. The summed E-state index contributed by atoms with van der Waals surface area (Å²) >= 11 is 0. The van der Waals surface area contributed by atoms with Gasteiger partial charge in [0.15, 0.2) is 5.96 Å². The van der Waals surface area contributed by atoms with Gasteiger partial charge in [-0.05, 0) is 25.0 Å². The van der Waals surface area contributed by atoms with Crippen molar-refractivity contribution in [3.8, 4) is 0 Å². The molecule has 1 aliphatic rings. The lowest BCUT2D eigenvalue weighted by molar-refractivity contribution is -0.123. The van der Waals surface area contributed by atoms with Gasteiger partial charge in [0, 0.05) is 13.0 Å². The summed E-state index contributed by atoms with van der Waals surface area (Å²) in [6.07, 6.45) is 1.20. The van der Waals surface area contributed by atoms with Gasteiger partial charge in [0.05, 0.1) is 0 Å². The quantitative estimate of drug-likeness (QED) is 0.867. The first-order valence-electron chi connectivity index (χ1n) is 6.42. The van der Waals surface area contributed by atoms with Crippen LogP contribution in [0.15, 0.2) is 29.3 Å². The minimum atomic E-state index is -0.852. The van der Waals surface area contributed by atoms with Gasteiger partial charge in [-0.2, -0.15) is 0 Å². The molecule has 0 radical (unpaired) electrons. The van der Waals surface area contributed by atoms with Crippen LogP contribution in [0.5, 0.6) is 0 Å². The minimum absolute atomic E-state index is 0.175. The standard InChI is InChI=1S/C14H18FN3O/c1-3-8-16-13-17-12(19)14(2,18-13)9-10-6-4-5-7-11(10)15/h4-7H,3,8-9H2,1-2H3,(H2,16,17,18,19). The van der Waals surface area contributed by atoms with Gasteiger partial charge in [0.1, 0.15) is 11.4 Å². The van der Waals surface area contributed by atoms with E-state index in [9.17, 15) is 9.18 Å². The van der Waals surface area contributed by atoms with E-state index in [0.717, 1.165) is 6.42 Å². The van der Waals surface area contributed by atoms with Crippen LogP contribution in [0, 0.1) is 5.82 Å². The summed E-state index contributed by atoms with van der Waals surface area (Å²) in [5, 5.41) is 5.75. The molecule has 1 heterocycles. The Hall–Kier alpha value is -1.91. The molecule has 0 aliphatic carbocycles. The number of hydrogen-bond acceptors (Lipinski definition) is 2. The van der Waals surface area contributed by atoms with Crippen molar-refractivity contribution in [1.29, 1.82) is 0 Å². The molecule has 1 unspecified atom stereocenters. The van der Waals surface area contributed by atoms with E-state index in [1.165, 1.54) is 6.07 Å². The second kappa shape index (κ2) is 5.38. The van der Waals surface area contributed by atoms with E-state index in [4.69, 9.17) is 0 Å². The molecule has 1 saturated heterocycles. The topological polar surface area (TPSA) is 53.5 Å². The third-order valence-electron chi connectivity index (χ3n) is 3.12. The molecule has 19 heavy (non-hydrogen) atoms. The second-order valence-corrected chi connectivity index (χ2v) is 4.91. The Morgan fingerprint density at radius 3 is 2.79 bits per heavy atom. The lowest BCUT2D eigenvalue weighted by Crippen LogP contribution is -2.46. The highest BCUT2D eigenvalue weighted by Gasteiger charge is 2.41. The zero-order valence-electron chi connectivity index (χ0n) is 11.2. The van der Waals surface area contributed by atoms with Gasteiger partial charge in [-0.15, -0.1) is 0 Å². The molecular formula is C14H18FN3O. The van der Waals surface area contributed by atoms with Gasteiger partial charge in [-0.1, -0.05) is 25.1 Å². The van der Waals surface area contributed by atoms with Crippen LogP contribution < -0.4 is 10.6 Å². The van der Waals surface area contributed by atoms with Crippen molar-refractivity contribution in [2.24, 2.45) is 4.99 Å². The Morgan fingerprint density at radius 1 is 1.37 bits per heavy atom. The first-order valence-corrected chi connectivity index (χ1v) is 6.42. The minimum Gasteiger partial charge on any atom is -0.342 e. The van der Waals surface area contributed by atoms with E-state index in [1.54, 1.807) is 25.1 Å². The van der Waals surface area contributed by atoms with Crippen molar-refractivity contribution in [2.45, 2.75) is 32.2 Å². The van der Waals surface area contributed by atoms with Crippen LogP contribution in [0.4, 0.5) is 4.39 Å². The maximum absolute atomic E-state index is 13.7. The maximum atomic E-state index is 13.7. The van der Waals surface area contributed by atoms with E-state index in [2.05, 4.69) is 15.6 Å². The molecule has 1 atom stereocenters. The van der Waals surface area contributed by atoms with Crippen molar-refractivity contribution >= 4 is 11.9 Å². The summed E-state index contributed by atoms with van der Waals surface area (Å²) in [6.45, 7) is 4.42. The van der Waals surface area contributed by atoms with Crippen molar-refractivity contribution in [1.82, 2.24) is 10.6 Å². The molecule has 0 saturated carbocycles. The van der Waals surface area contributed by atoms with Gasteiger partial charge >= 0.3 is 0 Å². The number of guanidine groups is 1. The second-order valence-electron chi connectivity index (χ2n) is 4.91. The van der Waals surface area contributed by atoms with Crippen LogP contribution >= 0.6 is 0 Å². The number of benzene rings is 1. The third kappa shape index (κ3) is 2.92. The van der Waals surface area contributed by atoms with E-state index >= 15 is 0 Å². The molecule has 1 amide bonds. The van der Waals surface area contributed by atoms with Crippen LogP contribution in [0.1, 0.15) is 25.8 Å². The number of halogens is 1. The third-order valence-corrected chi connectivity index (χ3v) is 3.12. The number of hydrogen-bond donors (Lipinski definition) is 2. The van der Waals surface area contributed by atoms with Gasteiger partial charge < -0.3 is 5.32 Å². The smallest absolute Gasteiger partial charge is 0.252 e. The van der Waals surface area contributed by atoms with Crippen LogP contribution in [-0.2, 0) is 11.2 Å². The van der Waals surface area contributed by atoms with E-state index in [1.807, 2.05) is 6.92 Å². The zero-order chi connectivity index (χ0) is 13.9.